The molecule has 3 rings (SSSR count). The molecule has 198 valence electrons. The lowest BCUT2D eigenvalue weighted by Crippen LogP contribution is -2.59. The highest BCUT2D eigenvalue weighted by Crippen LogP contribution is 2.27. The van der Waals surface area contributed by atoms with Gasteiger partial charge in [-0.15, -0.1) is 12.6 Å². The molecule has 3 atom stereocenters. The van der Waals surface area contributed by atoms with Gasteiger partial charge in [0.1, 0.15) is 12.1 Å². The topological polar surface area (TPSA) is 120 Å². The van der Waals surface area contributed by atoms with Gasteiger partial charge < -0.3 is 28.9 Å². The van der Waals surface area contributed by atoms with Crippen molar-refractivity contribution in [1.29, 1.82) is 0 Å². The lowest BCUT2D eigenvalue weighted by atomic mass is 9.85. The number of ether oxygens (including phenoxy) is 1. The molecule has 1 aromatic carbocycles. The average molecular weight is 631 g/mol. The van der Waals surface area contributed by atoms with Gasteiger partial charge in [0.15, 0.2) is 0 Å². The number of halogens is 1. The maximum atomic E-state index is 13.5. The van der Waals surface area contributed by atoms with E-state index in [9.17, 15) is 19.5 Å². The number of rotatable bonds is 8. The zero-order chi connectivity index (χ0) is 26.6. The zero-order valence-corrected chi connectivity index (χ0v) is 24.1. The molecule has 0 spiro atoms. The number of carbonyl (C=O) groups is 3. The van der Waals surface area contributed by atoms with E-state index < -0.39 is 23.6 Å². The molecule has 4 N–H and O–H groups in total. The second-order valence-corrected chi connectivity index (χ2v) is 11.4. The van der Waals surface area contributed by atoms with Crippen molar-refractivity contribution in [2.24, 2.45) is 11.3 Å². The molecule has 9 nitrogen and oxygen atoms in total. The molecule has 11 heteroatoms. The van der Waals surface area contributed by atoms with Crippen LogP contribution in [0.5, 0.6) is 0 Å². The summed E-state index contributed by atoms with van der Waals surface area (Å²) < 4.78 is 8.13. The molecule has 1 aromatic rings. The number of amides is 3. The van der Waals surface area contributed by atoms with E-state index in [2.05, 4.69) is 49.7 Å². The number of benzene rings is 1. The van der Waals surface area contributed by atoms with Gasteiger partial charge in [0.2, 0.25) is 17.7 Å². The number of hydrogen-bond donors (Lipinski definition) is 5. The van der Waals surface area contributed by atoms with Crippen molar-refractivity contribution < 1.29 is 24.2 Å². The number of aliphatic hydroxyl groups is 1. The maximum Gasteiger partial charge on any atom is 0.246 e. The quantitative estimate of drug-likeness (QED) is 0.170. The number of nitrogens with one attached hydrogen (secondary N) is 3. The van der Waals surface area contributed by atoms with E-state index in [0.717, 1.165) is 21.7 Å². The van der Waals surface area contributed by atoms with E-state index in [-0.39, 0.29) is 43.1 Å². The van der Waals surface area contributed by atoms with E-state index >= 15 is 0 Å². The number of allylic oxidation sites excluding steroid dienone is 1. The fraction of sp³-hybridized carbons (Fsp3) is 0.560. The monoisotopic (exact) mass is 630 g/mol. The number of carbonyl (C=O) groups excluding carboxylic acids is 3. The van der Waals surface area contributed by atoms with Crippen molar-refractivity contribution in [3.8, 4) is 0 Å². The summed E-state index contributed by atoms with van der Waals surface area (Å²) in [5, 5.41) is 16.1. The van der Waals surface area contributed by atoms with E-state index in [1.165, 1.54) is 4.90 Å². The number of β-amino-alcohol motifs (C(OH)–C–C–N with tert-alkyl or cyclic N) is 1. The summed E-state index contributed by atoms with van der Waals surface area (Å²) in [6.07, 6.45) is -0.663. The Balaban J connectivity index is 1.67. The second-order valence-electron chi connectivity index (χ2n) is 10.4. The van der Waals surface area contributed by atoms with Gasteiger partial charge in [-0.2, -0.15) is 0 Å². The fourth-order valence-corrected chi connectivity index (χ4v) is 4.80. The van der Waals surface area contributed by atoms with Crippen molar-refractivity contribution in [2.75, 3.05) is 19.8 Å². The fourth-order valence-electron chi connectivity index (χ4n) is 4.12. The first-order valence-electron chi connectivity index (χ1n) is 11.9. The predicted octanol–water partition coefficient (Wildman–Crippen LogP) is 2.00. The Kier molecular flexibility index (Phi) is 9.69. The van der Waals surface area contributed by atoms with Crippen LogP contribution in [0.1, 0.15) is 45.2 Å². The van der Waals surface area contributed by atoms with Crippen LogP contribution in [0, 0.1) is 11.3 Å². The molecule has 2 saturated heterocycles. The smallest absolute Gasteiger partial charge is 0.246 e. The SMILES string of the molecule is C/C(NI)=C(/S)c1ccc(CNC(=O)[C@@H]2C[C@@H](O)CN2C(=O)[C@@H](NC(=O)C2COC2)C(C)(C)C)cc1. The van der Waals surface area contributed by atoms with Gasteiger partial charge in [-0.25, -0.2) is 0 Å². The normalized spacial score (nSPS) is 21.8. The number of thiol groups is 1. The second kappa shape index (κ2) is 12.1. The highest BCUT2D eigenvalue weighted by molar-refractivity contribution is 14.1. The Morgan fingerprint density at radius 2 is 1.83 bits per heavy atom. The van der Waals surface area contributed by atoms with E-state index in [4.69, 9.17) is 4.74 Å². The molecule has 2 aliphatic rings. The number of hydrogen-bond acceptors (Lipinski definition) is 7. The molecular weight excluding hydrogens is 595 g/mol. The Hall–Kier alpha value is -1.83. The third-order valence-electron chi connectivity index (χ3n) is 6.46. The average Bonchev–Trinajstić information content (AvgIpc) is 3.19. The summed E-state index contributed by atoms with van der Waals surface area (Å²) in [6.45, 7) is 8.52. The molecule has 0 bridgehead atoms. The van der Waals surface area contributed by atoms with Crippen LogP contribution in [-0.2, 0) is 25.7 Å². The molecule has 0 radical (unpaired) electrons. The van der Waals surface area contributed by atoms with Crippen LogP contribution in [-0.4, -0.2) is 65.7 Å². The first-order chi connectivity index (χ1) is 16.9. The predicted molar refractivity (Wildman–Crippen MR) is 149 cm³/mol. The van der Waals surface area contributed by atoms with E-state index in [1.807, 2.05) is 52.0 Å². The summed E-state index contributed by atoms with van der Waals surface area (Å²) in [6, 6.07) is 6.04. The van der Waals surface area contributed by atoms with Gasteiger partial charge >= 0.3 is 0 Å². The molecule has 3 amide bonds. The van der Waals surface area contributed by atoms with Crippen LogP contribution in [0.3, 0.4) is 0 Å². The molecule has 36 heavy (non-hydrogen) atoms. The molecule has 0 unspecified atom stereocenters. The summed E-state index contributed by atoms with van der Waals surface area (Å²) in [5.41, 5.74) is 2.20. The highest BCUT2D eigenvalue weighted by Gasteiger charge is 2.45. The van der Waals surface area contributed by atoms with Gasteiger partial charge in [0.05, 0.1) is 48.1 Å². The minimum absolute atomic E-state index is 0.0435. The standard InChI is InChI=1S/C25H35IN4O5S/c1-14(29-26)20(36)16-7-5-15(6-8-16)10-27-23(33)19-9-18(31)11-30(19)24(34)21(25(2,3)4)28-22(32)17-12-35-13-17/h5-8,17-19,21,29,31,36H,9-13H2,1-4H3,(H,27,33)(H,28,32)/b20-14-/t18-,19+,21-/m1/s1. The maximum absolute atomic E-state index is 13.5. The lowest BCUT2D eigenvalue weighted by Gasteiger charge is -2.37. The van der Waals surface area contributed by atoms with Gasteiger partial charge in [0, 0.05) is 30.1 Å². The Morgan fingerprint density at radius 1 is 1.19 bits per heavy atom. The Labute approximate surface area is 231 Å². The molecule has 0 saturated carbocycles. The van der Waals surface area contributed by atoms with Gasteiger partial charge in [-0.05, 0) is 23.5 Å². The van der Waals surface area contributed by atoms with Crippen molar-refractivity contribution >= 4 is 58.1 Å². The van der Waals surface area contributed by atoms with Gasteiger partial charge in [0.25, 0.3) is 0 Å². The first-order valence-corrected chi connectivity index (χ1v) is 13.4. The third kappa shape index (κ3) is 6.93. The molecular formula is C25H35IN4O5S. The van der Waals surface area contributed by atoms with E-state index in [1.54, 1.807) is 0 Å². The molecule has 0 aromatic heterocycles. The van der Waals surface area contributed by atoms with Gasteiger partial charge in [-0.3, -0.25) is 14.4 Å². The lowest BCUT2D eigenvalue weighted by molar-refractivity contribution is -0.148. The third-order valence-corrected chi connectivity index (χ3v) is 7.87. The summed E-state index contributed by atoms with van der Waals surface area (Å²) in [4.78, 5) is 41.4. The summed E-state index contributed by atoms with van der Waals surface area (Å²) >= 11 is 6.59. The van der Waals surface area contributed by atoms with Crippen molar-refractivity contribution in [2.45, 2.75) is 58.8 Å². The van der Waals surface area contributed by atoms with Crippen LogP contribution in [0.2, 0.25) is 0 Å². The van der Waals surface area contributed by atoms with Crippen molar-refractivity contribution in [1.82, 2.24) is 19.1 Å². The van der Waals surface area contributed by atoms with Crippen molar-refractivity contribution in [3.63, 3.8) is 0 Å². The number of likely N-dealkylation sites (tertiary alicyclic amines) is 1. The number of nitrogens with zero attached hydrogens (tertiary/aromatic N) is 1. The summed E-state index contributed by atoms with van der Waals surface area (Å²) in [5.74, 6) is -1.21. The molecule has 2 heterocycles. The van der Waals surface area contributed by atoms with Crippen LogP contribution < -0.4 is 14.2 Å². The zero-order valence-electron chi connectivity index (χ0n) is 21.0. The van der Waals surface area contributed by atoms with Crippen LogP contribution >= 0.6 is 35.5 Å². The minimum Gasteiger partial charge on any atom is -0.391 e. The Morgan fingerprint density at radius 3 is 2.36 bits per heavy atom. The molecule has 2 fully saturated rings. The Bertz CT molecular complexity index is 1010. The van der Waals surface area contributed by atoms with Crippen molar-refractivity contribution in [3.05, 3.63) is 41.1 Å². The molecule has 0 aliphatic carbocycles. The van der Waals surface area contributed by atoms with E-state index in [0.29, 0.717) is 13.2 Å². The first kappa shape index (κ1) is 28.7. The number of aliphatic hydroxyl groups excluding tert-OH is 1. The summed E-state index contributed by atoms with van der Waals surface area (Å²) in [7, 11) is 0. The highest BCUT2D eigenvalue weighted by atomic mass is 127. The van der Waals surface area contributed by atoms with Crippen LogP contribution in [0.15, 0.2) is 30.0 Å². The molecule has 2 aliphatic heterocycles. The van der Waals surface area contributed by atoms with Crippen LogP contribution in [0.4, 0.5) is 0 Å². The van der Waals surface area contributed by atoms with Gasteiger partial charge in [-0.1, -0.05) is 45.0 Å². The minimum atomic E-state index is -0.831. The van der Waals surface area contributed by atoms with Crippen LogP contribution in [0.25, 0.3) is 4.91 Å². The largest absolute Gasteiger partial charge is 0.391 e.